The predicted octanol–water partition coefficient (Wildman–Crippen LogP) is 16.2. The number of rotatable bonds is 5. The third-order valence-electron chi connectivity index (χ3n) is 13.9. The van der Waals surface area contributed by atoms with Crippen LogP contribution in [0.15, 0.2) is 231 Å². The molecule has 65 heavy (non-hydrogen) atoms. The van der Waals surface area contributed by atoms with Crippen molar-refractivity contribution in [2.45, 2.75) is 5.41 Å². The third-order valence-corrected chi connectivity index (χ3v) is 13.9. The first-order chi connectivity index (χ1) is 32.3. The Balaban J connectivity index is 0.949. The second kappa shape index (κ2) is 13.7. The lowest BCUT2D eigenvalue weighted by atomic mass is 9.70. The minimum atomic E-state index is -0.482. The van der Waals surface area contributed by atoms with Crippen LogP contribution < -0.4 is 14.4 Å². The molecule has 4 nitrogen and oxygen atoms in total. The number of hydrogen-bond donors (Lipinski definition) is 0. The Morgan fingerprint density at radius 1 is 0.369 bits per heavy atom. The van der Waals surface area contributed by atoms with Crippen LogP contribution in [0.2, 0.25) is 0 Å². The van der Waals surface area contributed by atoms with Crippen LogP contribution in [0.25, 0.3) is 60.9 Å². The predicted molar refractivity (Wildman–Crippen MR) is 264 cm³/mol. The molecule has 3 aliphatic rings. The Morgan fingerprint density at radius 3 is 1.69 bits per heavy atom. The average Bonchev–Trinajstić information content (AvgIpc) is 3.99. The zero-order valence-corrected chi connectivity index (χ0v) is 35.2. The van der Waals surface area contributed by atoms with E-state index in [4.69, 9.17) is 9.47 Å². The maximum Gasteiger partial charge on any atom is 0.194 e. The average molecular weight is 831 g/mol. The maximum absolute atomic E-state index is 7.22. The quantitative estimate of drug-likeness (QED) is 0.173. The summed E-state index contributed by atoms with van der Waals surface area (Å²) in [6.45, 7) is 0. The lowest BCUT2D eigenvalue weighted by Gasteiger charge is -2.32. The van der Waals surface area contributed by atoms with E-state index in [2.05, 4.69) is 234 Å². The fourth-order valence-electron chi connectivity index (χ4n) is 11.2. The minimum Gasteiger partial charge on any atom is -0.449 e. The van der Waals surface area contributed by atoms with Crippen LogP contribution in [0.1, 0.15) is 22.3 Å². The Bertz CT molecular complexity index is 3680. The number of aromatic nitrogens is 1. The van der Waals surface area contributed by atoms with Crippen molar-refractivity contribution >= 4 is 38.9 Å². The number of fused-ring (bicyclic) bond motifs is 16. The number of anilines is 3. The van der Waals surface area contributed by atoms with Gasteiger partial charge in [-0.2, -0.15) is 0 Å². The van der Waals surface area contributed by atoms with Crippen molar-refractivity contribution in [2.24, 2.45) is 0 Å². The summed E-state index contributed by atoms with van der Waals surface area (Å²) >= 11 is 0. The molecule has 2 heterocycles. The first kappa shape index (κ1) is 35.9. The van der Waals surface area contributed by atoms with Gasteiger partial charge in [-0.15, -0.1) is 0 Å². The number of para-hydroxylation sites is 3. The molecule has 0 saturated carbocycles. The van der Waals surface area contributed by atoms with E-state index in [1.54, 1.807) is 0 Å². The van der Waals surface area contributed by atoms with Crippen LogP contribution in [-0.2, 0) is 5.41 Å². The van der Waals surface area contributed by atoms with Crippen molar-refractivity contribution in [1.29, 1.82) is 0 Å². The first-order valence-electron chi connectivity index (χ1n) is 22.3. The van der Waals surface area contributed by atoms with Gasteiger partial charge in [0, 0.05) is 33.4 Å². The van der Waals surface area contributed by atoms with Gasteiger partial charge in [0.05, 0.1) is 22.1 Å². The molecular formula is C61H38N2O2. The van der Waals surface area contributed by atoms with Gasteiger partial charge in [0.1, 0.15) is 0 Å². The highest BCUT2D eigenvalue weighted by molar-refractivity contribution is 6.11. The molecule has 2 aliphatic carbocycles. The normalized spacial score (nSPS) is 13.3. The number of nitrogens with zero attached hydrogens (tertiary/aromatic N) is 2. The summed E-state index contributed by atoms with van der Waals surface area (Å²) in [4.78, 5) is 2.31. The standard InChI is InChI=1S/C61H38N2O2/c1-3-16-39(17-4-1)40-30-32-42(33-31-40)62(43-34-36-54-48(38-43)46-22-10-14-27-53(46)63(54)41-18-5-2-6-19-41)55-28-15-29-56-59(55)64-57-37-35-52-58(60(57)65-56)47-23-9-13-26-51(47)61(52)49-24-11-7-20-44(49)45-21-8-12-25-50(45)61/h1-38H. The molecule has 0 fully saturated rings. The van der Waals surface area contributed by atoms with Crippen LogP contribution >= 0.6 is 0 Å². The van der Waals surface area contributed by atoms with Crippen LogP contribution in [0.4, 0.5) is 17.1 Å². The highest BCUT2D eigenvalue weighted by Crippen LogP contribution is 2.67. The van der Waals surface area contributed by atoms with Gasteiger partial charge in [0.2, 0.25) is 0 Å². The van der Waals surface area contributed by atoms with Gasteiger partial charge in [-0.05, 0) is 117 Å². The summed E-state index contributed by atoms with van der Waals surface area (Å²) < 4.78 is 16.8. The topological polar surface area (TPSA) is 26.6 Å². The Kier molecular flexibility index (Phi) is 7.57. The molecule has 0 atom stereocenters. The number of ether oxygens (including phenoxy) is 2. The van der Waals surface area contributed by atoms with Gasteiger partial charge in [-0.3, -0.25) is 0 Å². The van der Waals surface area contributed by atoms with E-state index >= 15 is 0 Å². The number of benzene rings is 10. The van der Waals surface area contributed by atoms with Gasteiger partial charge >= 0.3 is 0 Å². The molecule has 0 saturated heterocycles. The molecule has 0 radical (unpaired) electrons. The van der Waals surface area contributed by atoms with Crippen molar-refractivity contribution in [3.8, 4) is 62.1 Å². The molecular weight excluding hydrogens is 793 g/mol. The maximum atomic E-state index is 7.22. The van der Waals surface area contributed by atoms with Gasteiger partial charge in [-0.25, -0.2) is 0 Å². The van der Waals surface area contributed by atoms with Crippen molar-refractivity contribution in [2.75, 3.05) is 4.90 Å². The lowest BCUT2D eigenvalue weighted by molar-refractivity contribution is 0.361. The van der Waals surface area contributed by atoms with E-state index in [1.165, 1.54) is 49.7 Å². The zero-order valence-electron chi connectivity index (χ0n) is 35.2. The van der Waals surface area contributed by atoms with Gasteiger partial charge in [-0.1, -0.05) is 164 Å². The Morgan fingerprint density at radius 2 is 0.938 bits per heavy atom. The van der Waals surface area contributed by atoms with Crippen molar-refractivity contribution in [1.82, 2.24) is 4.57 Å². The molecule has 0 amide bonds. The summed E-state index contributed by atoms with van der Waals surface area (Å²) in [5.74, 6) is 2.77. The van der Waals surface area contributed by atoms with Gasteiger partial charge < -0.3 is 18.9 Å². The van der Waals surface area contributed by atoms with Crippen molar-refractivity contribution in [3.63, 3.8) is 0 Å². The Hall–Kier alpha value is -8.60. The van der Waals surface area contributed by atoms with E-state index in [0.29, 0.717) is 17.2 Å². The lowest BCUT2D eigenvalue weighted by Crippen LogP contribution is -2.25. The fourth-order valence-corrected chi connectivity index (χ4v) is 11.2. The number of hydrogen-bond acceptors (Lipinski definition) is 3. The Labute approximate surface area is 376 Å². The van der Waals surface area contributed by atoms with Crippen LogP contribution in [0, 0.1) is 0 Å². The monoisotopic (exact) mass is 830 g/mol. The highest BCUT2D eigenvalue weighted by atomic mass is 16.6. The second-order valence-corrected chi connectivity index (χ2v) is 17.1. The SMILES string of the molecule is c1ccc(-c2ccc(N(c3ccc4c(c3)c3ccccc3n4-c3ccccc3)c3cccc4c3Oc3ccc5c(c3O4)-c3ccccc3C53c4ccccc4-c4ccccc43)cc2)cc1. The fraction of sp³-hybridized carbons (Fsp3) is 0.0164. The molecule has 1 aliphatic heterocycles. The summed E-state index contributed by atoms with van der Waals surface area (Å²) in [5.41, 5.74) is 18.0. The van der Waals surface area contributed by atoms with E-state index in [1.807, 2.05) is 6.07 Å². The minimum absolute atomic E-state index is 0.482. The van der Waals surface area contributed by atoms with Gasteiger partial charge in [0.15, 0.2) is 23.0 Å². The van der Waals surface area contributed by atoms with Gasteiger partial charge in [0.25, 0.3) is 0 Å². The molecule has 1 spiro atoms. The van der Waals surface area contributed by atoms with Crippen molar-refractivity contribution in [3.05, 3.63) is 253 Å². The molecule has 10 aromatic carbocycles. The van der Waals surface area contributed by atoms with Crippen LogP contribution in [0.3, 0.4) is 0 Å². The van der Waals surface area contributed by atoms with E-state index in [0.717, 1.165) is 56.2 Å². The zero-order chi connectivity index (χ0) is 42.6. The highest BCUT2D eigenvalue weighted by Gasteiger charge is 2.53. The smallest absolute Gasteiger partial charge is 0.194 e. The second-order valence-electron chi connectivity index (χ2n) is 17.1. The molecule has 0 unspecified atom stereocenters. The van der Waals surface area contributed by atoms with Crippen LogP contribution in [-0.4, -0.2) is 4.57 Å². The van der Waals surface area contributed by atoms with E-state index in [9.17, 15) is 0 Å². The van der Waals surface area contributed by atoms with Crippen molar-refractivity contribution < 1.29 is 9.47 Å². The molecule has 0 N–H and O–H groups in total. The molecule has 304 valence electrons. The molecule has 14 rings (SSSR count). The van der Waals surface area contributed by atoms with Crippen LogP contribution in [0.5, 0.6) is 23.0 Å². The summed E-state index contributed by atoms with van der Waals surface area (Å²) in [6.07, 6.45) is 0. The third kappa shape index (κ3) is 5.02. The largest absolute Gasteiger partial charge is 0.449 e. The molecule has 1 aromatic heterocycles. The summed E-state index contributed by atoms with van der Waals surface area (Å²) in [6, 6.07) is 82.7. The molecule has 0 bridgehead atoms. The molecule has 4 heteroatoms. The van der Waals surface area contributed by atoms with E-state index < -0.39 is 5.41 Å². The first-order valence-corrected chi connectivity index (χ1v) is 22.3. The summed E-state index contributed by atoms with van der Waals surface area (Å²) in [5, 5.41) is 2.36. The molecule has 11 aromatic rings. The summed E-state index contributed by atoms with van der Waals surface area (Å²) in [7, 11) is 0. The van der Waals surface area contributed by atoms with E-state index in [-0.39, 0.29) is 0 Å².